The molecule has 0 bridgehead atoms. The van der Waals surface area contributed by atoms with Crippen molar-refractivity contribution in [2.75, 3.05) is 12.4 Å². The number of ketones is 1. The van der Waals surface area contributed by atoms with E-state index < -0.39 is 23.4 Å². The number of methoxy groups -OCH3 is 1. The number of carbonyl (C=O) groups is 2. The van der Waals surface area contributed by atoms with Crippen molar-refractivity contribution in [2.24, 2.45) is 0 Å². The maximum atomic E-state index is 13.8. The van der Waals surface area contributed by atoms with E-state index in [-0.39, 0.29) is 33.1 Å². The number of carbonyl (C=O) groups excluding carboxylic acids is 1. The Balaban J connectivity index is 1.93. The number of nitrogens with one attached hydrogen (secondary N) is 1. The van der Waals surface area contributed by atoms with Gasteiger partial charge in [0, 0.05) is 17.3 Å². The lowest BCUT2D eigenvalue weighted by Gasteiger charge is -2.12. The molecule has 0 radical (unpaired) electrons. The van der Waals surface area contributed by atoms with Crippen molar-refractivity contribution in [3.63, 3.8) is 0 Å². The molecule has 0 saturated carbocycles. The zero-order valence-electron chi connectivity index (χ0n) is 15.0. The van der Waals surface area contributed by atoms with Gasteiger partial charge in [-0.05, 0) is 48.5 Å². The molecule has 0 atom stereocenters. The van der Waals surface area contributed by atoms with Crippen LogP contribution in [-0.2, 0) is 0 Å². The molecule has 0 spiro atoms. The highest BCUT2D eigenvalue weighted by atomic mass is 35.5. The summed E-state index contributed by atoms with van der Waals surface area (Å²) < 4.78 is 32.0. The molecular formula is C21H14ClF2NO4. The third-order valence-corrected chi connectivity index (χ3v) is 4.43. The molecular weight excluding hydrogens is 404 g/mol. The van der Waals surface area contributed by atoms with Crippen LogP contribution >= 0.6 is 11.6 Å². The fourth-order valence-electron chi connectivity index (χ4n) is 2.69. The lowest BCUT2D eigenvalue weighted by atomic mass is 9.99. The quantitative estimate of drug-likeness (QED) is 0.532. The molecule has 0 aliphatic carbocycles. The second-order valence-electron chi connectivity index (χ2n) is 5.99. The third kappa shape index (κ3) is 4.35. The summed E-state index contributed by atoms with van der Waals surface area (Å²) in [6.45, 7) is 0. The van der Waals surface area contributed by atoms with E-state index in [1.807, 2.05) is 0 Å². The Bertz CT molecular complexity index is 1120. The van der Waals surface area contributed by atoms with Crippen molar-refractivity contribution < 1.29 is 28.2 Å². The average Bonchev–Trinajstić information content (AvgIpc) is 2.69. The Hall–Kier alpha value is -3.45. The van der Waals surface area contributed by atoms with Crippen LogP contribution in [0.5, 0.6) is 5.75 Å². The molecule has 0 amide bonds. The normalized spacial score (nSPS) is 10.5. The van der Waals surface area contributed by atoms with Gasteiger partial charge in [-0.15, -0.1) is 0 Å². The van der Waals surface area contributed by atoms with E-state index >= 15 is 0 Å². The van der Waals surface area contributed by atoms with Gasteiger partial charge in [0.05, 0.1) is 28.9 Å². The summed E-state index contributed by atoms with van der Waals surface area (Å²) in [5.41, 5.74) is 0.494. The first-order valence-corrected chi connectivity index (χ1v) is 8.65. The largest absolute Gasteiger partial charge is 0.496 e. The van der Waals surface area contributed by atoms with E-state index in [0.29, 0.717) is 5.69 Å². The molecule has 2 N–H and O–H groups in total. The summed E-state index contributed by atoms with van der Waals surface area (Å²) in [6, 6.07) is 11.3. The predicted molar refractivity (Wildman–Crippen MR) is 104 cm³/mol. The number of halogens is 3. The fraction of sp³-hybridized carbons (Fsp3) is 0.0476. The Kier molecular flexibility index (Phi) is 5.79. The molecule has 0 aromatic heterocycles. The number of ether oxygens (including phenoxy) is 1. The minimum atomic E-state index is -1.19. The number of rotatable bonds is 6. The summed E-state index contributed by atoms with van der Waals surface area (Å²) >= 11 is 6.23. The summed E-state index contributed by atoms with van der Waals surface area (Å²) in [5, 5.41) is 12.0. The Morgan fingerprint density at radius 2 is 1.76 bits per heavy atom. The van der Waals surface area contributed by atoms with Gasteiger partial charge in [0.25, 0.3) is 0 Å². The predicted octanol–water partition coefficient (Wildman–Crippen LogP) is 5.30. The number of hydrogen-bond donors (Lipinski definition) is 2. The van der Waals surface area contributed by atoms with Crippen LogP contribution in [0.2, 0.25) is 5.02 Å². The van der Waals surface area contributed by atoms with Gasteiger partial charge in [0.2, 0.25) is 0 Å². The highest BCUT2D eigenvalue weighted by Crippen LogP contribution is 2.30. The lowest BCUT2D eigenvalue weighted by molar-refractivity contribution is 0.0697. The number of carboxylic acids is 1. The zero-order valence-corrected chi connectivity index (χ0v) is 15.8. The van der Waals surface area contributed by atoms with Gasteiger partial charge in [0.1, 0.15) is 17.4 Å². The van der Waals surface area contributed by atoms with E-state index in [1.54, 1.807) is 0 Å². The molecule has 29 heavy (non-hydrogen) atoms. The van der Waals surface area contributed by atoms with Crippen molar-refractivity contribution >= 4 is 34.7 Å². The molecule has 148 valence electrons. The standard InChI is InChI=1S/C21H14ClF2NO4/c1-29-19-7-2-11(21(27)28)8-15(19)20(26)14-5-4-13(10-16(14)22)25-18-6-3-12(23)9-17(18)24/h2-10,25H,1H3,(H,27,28). The number of benzene rings is 3. The fourth-order valence-corrected chi connectivity index (χ4v) is 2.95. The van der Waals surface area contributed by atoms with Crippen molar-refractivity contribution in [1.82, 2.24) is 0 Å². The van der Waals surface area contributed by atoms with Crippen LogP contribution in [-0.4, -0.2) is 24.0 Å². The Morgan fingerprint density at radius 3 is 2.38 bits per heavy atom. The van der Waals surface area contributed by atoms with E-state index in [4.69, 9.17) is 21.4 Å². The van der Waals surface area contributed by atoms with Crippen LogP contribution in [0.4, 0.5) is 20.2 Å². The monoisotopic (exact) mass is 417 g/mol. The second kappa shape index (κ2) is 8.28. The molecule has 3 rings (SSSR count). The molecule has 0 saturated heterocycles. The maximum Gasteiger partial charge on any atom is 0.335 e. The zero-order chi connectivity index (χ0) is 21.1. The topological polar surface area (TPSA) is 75.6 Å². The van der Waals surface area contributed by atoms with E-state index in [9.17, 15) is 18.4 Å². The van der Waals surface area contributed by atoms with Gasteiger partial charge in [-0.2, -0.15) is 0 Å². The SMILES string of the molecule is COc1ccc(C(=O)O)cc1C(=O)c1ccc(Nc2ccc(F)cc2F)cc1Cl. The van der Waals surface area contributed by atoms with E-state index in [0.717, 1.165) is 12.1 Å². The molecule has 0 fully saturated rings. The van der Waals surface area contributed by atoms with E-state index in [2.05, 4.69) is 5.32 Å². The van der Waals surface area contributed by atoms with Crippen LogP contribution < -0.4 is 10.1 Å². The van der Waals surface area contributed by atoms with Gasteiger partial charge in [-0.1, -0.05) is 11.6 Å². The number of anilines is 2. The highest BCUT2D eigenvalue weighted by molar-refractivity contribution is 6.35. The summed E-state index contributed by atoms with van der Waals surface area (Å²) in [4.78, 5) is 24.1. The highest BCUT2D eigenvalue weighted by Gasteiger charge is 2.20. The molecule has 8 heteroatoms. The minimum absolute atomic E-state index is 0.0392. The van der Waals surface area contributed by atoms with Gasteiger partial charge in [0.15, 0.2) is 5.78 Å². The van der Waals surface area contributed by atoms with Crippen molar-refractivity contribution in [3.8, 4) is 5.75 Å². The first-order valence-electron chi connectivity index (χ1n) is 8.28. The number of hydrogen-bond acceptors (Lipinski definition) is 4. The molecule has 0 aliphatic heterocycles. The molecule has 0 heterocycles. The Labute approximate surface area is 169 Å². The molecule has 5 nitrogen and oxygen atoms in total. The molecule has 3 aromatic rings. The van der Waals surface area contributed by atoms with Crippen LogP contribution in [0.3, 0.4) is 0 Å². The first-order chi connectivity index (χ1) is 13.8. The Morgan fingerprint density at radius 1 is 1.00 bits per heavy atom. The summed E-state index contributed by atoms with van der Waals surface area (Å²) in [7, 11) is 1.36. The molecule has 0 unspecified atom stereocenters. The van der Waals surface area contributed by atoms with Gasteiger partial charge < -0.3 is 15.2 Å². The third-order valence-electron chi connectivity index (χ3n) is 4.11. The smallest absolute Gasteiger partial charge is 0.335 e. The van der Waals surface area contributed by atoms with Crippen LogP contribution in [0.15, 0.2) is 54.6 Å². The van der Waals surface area contributed by atoms with Crippen LogP contribution in [0.1, 0.15) is 26.3 Å². The van der Waals surface area contributed by atoms with Gasteiger partial charge >= 0.3 is 5.97 Å². The van der Waals surface area contributed by atoms with Gasteiger partial charge in [-0.3, -0.25) is 4.79 Å². The average molecular weight is 418 g/mol. The number of carboxylic acid groups (broad SMARTS) is 1. The molecule has 0 aliphatic rings. The number of aromatic carboxylic acids is 1. The lowest BCUT2D eigenvalue weighted by Crippen LogP contribution is -2.08. The van der Waals surface area contributed by atoms with Crippen LogP contribution in [0.25, 0.3) is 0 Å². The first kappa shape index (κ1) is 20.3. The van der Waals surface area contributed by atoms with Crippen molar-refractivity contribution in [3.05, 3.63) is 87.9 Å². The minimum Gasteiger partial charge on any atom is -0.496 e. The van der Waals surface area contributed by atoms with Gasteiger partial charge in [-0.25, -0.2) is 13.6 Å². The summed E-state index contributed by atoms with van der Waals surface area (Å²) in [6.07, 6.45) is 0. The summed E-state index contributed by atoms with van der Waals surface area (Å²) in [5.74, 6) is -3.00. The second-order valence-corrected chi connectivity index (χ2v) is 6.40. The van der Waals surface area contributed by atoms with Crippen molar-refractivity contribution in [2.45, 2.75) is 0 Å². The van der Waals surface area contributed by atoms with Crippen molar-refractivity contribution in [1.29, 1.82) is 0 Å². The molecule has 3 aromatic carbocycles. The van der Waals surface area contributed by atoms with E-state index in [1.165, 1.54) is 49.6 Å². The van der Waals surface area contributed by atoms with Crippen LogP contribution in [0, 0.1) is 11.6 Å². The maximum absolute atomic E-state index is 13.8.